The Hall–Kier alpha value is -0.890. The Morgan fingerprint density at radius 3 is 2.00 bits per heavy atom. The lowest BCUT2D eigenvalue weighted by Gasteiger charge is -2.11. The molecule has 0 amide bonds. The van der Waals surface area contributed by atoms with E-state index in [4.69, 9.17) is 5.73 Å². The number of halogens is 1. The van der Waals surface area contributed by atoms with Crippen LogP contribution < -0.4 is 5.73 Å². The molecule has 1 unspecified atom stereocenters. The normalized spacial score (nSPS) is 12.6. The van der Waals surface area contributed by atoms with Gasteiger partial charge in [0.05, 0.1) is 0 Å². The molecule has 0 aliphatic carbocycles. The molecule has 1 aromatic rings. The topological polar surface area (TPSA) is 26.0 Å². The van der Waals surface area contributed by atoms with Gasteiger partial charge in [-0.3, -0.25) is 0 Å². The van der Waals surface area contributed by atoms with Crippen molar-refractivity contribution in [2.75, 3.05) is 0 Å². The van der Waals surface area contributed by atoms with Crippen LogP contribution in [0.4, 0.5) is 4.39 Å². The fourth-order valence-corrected chi connectivity index (χ4v) is 2.37. The number of benzene rings is 1. The Balaban J connectivity index is 2.04. The summed E-state index contributed by atoms with van der Waals surface area (Å²) >= 11 is 0. The molecule has 108 valence electrons. The average Bonchev–Trinajstić information content (AvgIpc) is 2.42. The van der Waals surface area contributed by atoms with Crippen molar-refractivity contribution in [3.63, 3.8) is 0 Å². The SMILES string of the molecule is CCCCCCCCCCC(N)c1ccc(F)cc1. The second-order valence-electron chi connectivity index (χ2n) is 5.42. The Bertz CT molecular complexity index is 321. The second kappa shape index (κ2) is 9.96. The summed E-state index contributed by atoms with van der Waals surface area (Å²) in [6, 6.07) is 6.63. The average molecular weight is 265 g/mol. The first-order valence-corrected chi connectivity index (χ1v) is 7.75. The Kier molecular flexibility index (Phi) is 8.48. The van der Waals surface area contributed by atoms with Crippen LogP contribution in [0.2, 0.25) is 0 Å². The maximum absolute atomic E-state index is 12.8. The lowest BCUT2D eigenvalue weighted by Crippen LogP contribution is -2.09. The van der Waals surface area contributed by atoms with E-state index in [1.165, 1.54) is 63.5 Å². The summed E-state index contributed by atoms with van der Waals surface area (Å²) in [4.78, 5) is 0. The van der Waals surface area contributed by atoms with Crippen molar-refractivity contribution in [3.8, 4) is 0 Å². The third kappa shape index (κ3) is 7.31. The van der Waals surface area contributed by atoms with Crippen molar-refractivity contribution in [2.45, 2.75) is 70.8 Å². The van der Waals surface area contributed by atoms with Crippen LogP contribution in [0.1, 0.15) is 76.3 Å². The Morgan fingerprint density at radius 1 is 0.895 bits per heavy atom. The van der Waals surface area contributed by atoms with Crippen molar-refractivity contribution < 1.29 is 4.39 Å². The molecule has 1 nitrogen and oxygen atoms in total. The van der Waals surface area contributed by atoms with E-state index < -0.39 is 0 Å². The summed E-state index contributed by atoms with van der Waals surface area (Å²) in [5.74, 6) is -0.192. The molecular formula is C17H28FN. The fourth-order valence-electron chi connectivity index (χ4n) is 2.37. The molecule has 0 aromatic heterocycles. The second-order valence-corrected chi connectivity index (χ2v) is 5.42. The first kappa shape index (κ1) is 16.2. The summed E-state index contributed by atoms with van der Waals surface area (Å²) in [6.07, 6.45) is 11.5. The first-order chi connectivity index (χ1) is 9.24. The molecule has 0 bridgehead atoms. The summed E-state index contributed by atoms with van der Waals surface area (Å²) in [6.45, 7) is 2.25. The quantitative estimate of drug-likeness (QED) is 0.566. The summed E-state index contributed by atoms with van der Waals surface area (Å²) in [7, 11) is 0. The zero-order valence-corrected chi connectivity index (χ0v) is 12.2. The van der Waals surface area contributed by atoms with Crippen LogP contribution in [0, 0.1) is 5.82 Å². The molecular weight excluding hydrogens is 237 g/mol. The van der Waals surface area contributed by atoms with Crippen LogP contribution in [-0.2, 0) is 0 Å². The first-order valence-electron chi connectivity index (χ1n) is 7.75. The largest absolute Gasteiger partial charge is 0.324 e. The number of hydrogen-bond acceptors (Lipinski definition) is 1. The third-order valence-electron chi connectivity index (χ3n) is 3.67. The van der Waals surface area contributed by atoms with Crippen LogP contribution in [0.5, 0.6) is 0 Å². The highest BCUT2D eigenvalue weighted by molar-refractivity contribution is 5.19. The van der Waals surface area contributed by atoms with Gasteiger partial charge in [0.25, 0.3) is 0 Å². The molecule has 1 atom stereocenters. The molecule has 0 aliphatic rings. The van der Waals surface area contributed by atoms with Gasteiger partial charge in [0, 0.05) is 6.04 Å². The van der Waals surface area contributed by atoms with Gasteiger partial charge in [0.15, 0.2) is 0 Å². The van der Waals surface area contributed by atoms with Crippen molar-refractivity contribution in [1.82, 2.24) is 0 Å². The molecule has 0 heterocycles. The maximum Gasteiger partial charge on any atom is 0.123 e. The van der Waals surface area contributed by atoms with Gasteiger partial charge < -0.3 is 5.73 Å². The van der Waals surface area contributed by atoms with Gasteiger partial charge in [0.1, 0.15) is 5.82 Å². The van der Waals surface area contributed by atoms with E-state index in [9.17, 15) is 4.39 Å². The summed E-state index contributed by atoms with van der Waals surface area (Å²) in [5, 5.41) is 0. The van der Waals surface area contributed by atoms with Gasteiger partial charge in [-0.25, -0.2) is 4.39 Å². The van der Waals surface area contributed by atoms with E-state index in [2.05, 4.69) is 6.92 Å². The maximum atomic E-state index is 12.8. The highest BCUT2D eigenvalue weighted by Crippen LogP contribution is 2.18. The van der Waals surface area contributed by atoms with Gasteiger partial charge in [-0.1, -0.05) is 70.4 Å². The van der Waals surface area contributed by atoms with Crippen molar-refractivity contribution in [2.24, 2.45) is 5.73 Å². The zero-order chi connectivity index (χ0) is 13.9. The number of unbranched alkanes of at least 4 members (excludes halogenated alkanes) is 7. The highest BCUT2D eigenvalue weighted by atomic mass is 19.1. The molecule has 2 N–H and O–H groups in total. The molecule has 0 saturated carbocycles. The monoisotopic (exact) mass is 265 g/mol. The molecule has 2 heteroatoms. The van der Waals surface area contributed by atoms with E-state index in [0.29, 0.717) is 0 Å². The molecule has 0 saturated heterocycles. The van der Waals surface area contributed by atoms with Gasteiger partial charge in [0.2, 0.25) is 0 Å². The number of hydrogen-bond donors (Lipinski definition) is 1. The lowest BCUT2D eigenvalue weighted by atomic mass is 10.00. The van der Waals surface area contributed by atoms with E-state index >= 15 is 0 Å². The Morgan fingerprint density at radius 2 is 1.42 bits per heavy atom. The van der Waals surface area contributed by atoms with Crippen LogP contribution in [-0.4, -0.2) is 0 Å². The fraction of sp³-hybridized carbons (Fsp3) is 0.647. The molecule has 19 heavy (non-hydrogen) atoms. The van der Waals surface area contributed by atoms with E-state index in [1.807, 2.05) is 0 Å². The van der Waals surface area contributed by atoms with E-state index in [1.54, 1.807) is 12.1 Å². The van der Waals surface area contributed by atoms with Crippen LogP contribution >= 0.6 is 0 Å². The number of nitrogens with two attached hydrogens (primary N) is 1. The third-order valence-corrected chi connectivity index (χ3v) is 3.67. The minimum absolute atomic E-state index is 0.0562. The minimum atomic E-state index is -0.192. The predicted molar refractivity (Wildman–Crippen MR) is 80.6 cm³/mol. The van der Waals surface area contributed by atoms with Gasteiger partial charge in [-0.2, -0.15) is 0 Å². The van der Waals surface area contributed by atoms with Crippen molar-refractivity contribution in [1.29, 1.82) is 0 Å². The highest BCUT2D eigenvalue weighted by Gasteiger charge is 2.05. The predicted octanol–water partition coefficient (Wildman–Crippen LogP) is 5.36. The summed E-state index contributed by atoms with van der Waals surface area (Å²) < 4.78 is 12.8. The lowest BCUT2D eigenvalue weighted by molar-refractivity contribution is 0.535. The molecule has 0 radical (unpaired) electrons. The van der Waals surface area contributed by atoms with E-state index in [-0.39, 0.29) is 11.9 Å². The standard InChI is InChI=1S/C17H28FN/c1-2-3-4-5-6-7-8-9-10-17(19)15-11-13-16(18)14-12-15/h11-14,17H,2-10,19H2,1H3. The van der Waals surface area contributed by atoms with E-state index in [0.717, 1.165) is 12.0 Å². The molecule has 1 aromatic carbocycles. The Labute approximate surface area is 117 Å². The summed E-state index contributed by atoms with van der Waals surface area (Å²) in [5.41, 5.74) is 7.15. The van der Waals surface area contributed by atoms with Crippen LogP contribution in [0.3, 0.4) is 0 Å². The van der Waals surface area contributed by atoms with Gasteiger partial charge in [-0.15, -0.1) is 0 Å². The molecule has 1 rings (SSSR count). The van der Waals surface area contributed by atoms with Gasteiger partial charge >= 0.3 is 0 Å². The molecule has 0 fully saturated rings. The van der Waals surface area contributed by atoms with Crippen molar-refractivity contribution >= 4 is 0 Å². The van der Waals surface area contributed by atoms with Gasteiger partial charge in [-0.05, 0) is 24.1 Å². The molecule has 0 aliphatic heterocycles. The minimum Gasteiger partial charge on any atom is -0.324 e. The van der Waals surface area contributed by atoms with Crippen LogP contribution in [0.25, 0.3) is 0 Å². The number of rotatable bonds is 10. The van der Waals surface area contributed by atoms with Crippen molar-refractivity contribution in [3.05, 3.63) is 35.6 Å². The zero-order valence-electron chi connectivity index (χ0n) is 12.2. The smallest absolute Gasteiger partial charge is 0.123 e. The van der Waals surface area contributed by atoms with Crippen LogP contribution in [0.15, 0.2) is 24.3 Å². The molecule has 0 spiro atoms.